The molecule has 2 aliphatic rings. The van der Waals surface area contributed by atoms with Crippen LogP contribution in [-0.4, -0.2) is 41.0 Å². The standard InChI is InChI=1S/C7H10ClN2O4P/c8-15(13,9-3-1-2-6(9)11)10-4-5-14-7(10)12/h1-5H2. The van der Waals surface area contributed by atoms with E-state index in [1.54, 1.807) is 0 Å². The van der Waals surface area contributed by atoms with Crippen LogP contribution in [0.4, 0.5) is 4.79 Å². The number of ether oxygens (including phenoxy) is 1. The Bertz CT molecular complexity index is 331. The highest BCUT2D eigenvalue weighted by molar-refractivity contribution is 7.86. The van der Waals surface area contributed by atoms with Crippen LogP contribution in [0.1, 0.15) is 12.8 Å². The summed E-state index contributed by atoms with van der Waals surface area (Å²) in [6, 6.07) is 0. The first-order chi connectivity index (χ1) is 7.03. The van der Waals surface area contributed by atoms with Gasteiger partial charge in [-0.3, -0.25) is 14.0 Å². The number of nitrogens with zero attached hydrogens (tertiary/aromatic N) is 2. The van der Waals surface area contributed by atoms with E-state index in [4.69, 9.17) is 11.2 Å². The lowest BCUT2D eigenvalue weighted by Crippen LogP contribution is -2.30. The number of hydrogen-bond donors (Lipinski definition) is 0. The fourth-order valence-electron chi connectivity index (χ4n) is 1.63. The first-order valence-corrected chi connectivity index (χ1v) is 7.10. The monoisotopic (exact) mass is 252 g/mol. The Morgan fingerprint density at radius 2 is 2.00 bits per heavy atom. The van der Waals surface area contributed by atoms with Crippen molar-refractivity contribution < 1.29 is 18.9 Å². The summed E-state index contributed by atoms with van der Waals surface area (Å²) >= 11 is 5.82. The Labute approximate surface area is 91.4 Å². The van der Waals surface area contributed by atoms with Gasteiger partial charge in [0.15, 0.2) is 0 Å². The molecule has 0 bridgehead atoms. The molecule has 0 spiro atoms. The Hall–Kier alpha value is -0.740. The van der Waals surface area contributed by atoms with Crippen LogP contribution in [0.25, 0.3) is 0 Å². The van der Waals surface area contributed by atoms with E-state index in [0.29, 0.717) is 19.4 Å². The number of rotatable bonds is 2. The molecule has 0 aromatic heterocycles. The Balaban J connectivity index is 2.22. The molecule has 0 radical (unpaired) electrons. The van der Waals surface area contributed by atoms with Crippen LogP contribution in [0, 0.1) is 0 Å². The quantitative estimate of drug-likeness (QED) is 0.697. The van der Waals surface area contributed by atoms with Gasteiger partial charge in [-0.2, -0.15) is 0 Å². The van der Waals surface area contributed by atoms with E-state index in [1.165, 1.54) is 0 Å². The zero-order valence-corrected chi connectivity index (χ0v) is 9.54. The third-order valence-corrected chi connectivity index (χ3v) is 5.46. The summed E-state index contributed by atoms with van der Waals surface area (Å²) < 4.78 is 18.8. The summed E-state index contributed by atoms with van der Waals surface area (Å²) in [6.45, 7) is -2.91. The summed E-state index contributed by atoms with van der Waals surface area (Å²) in [5, 5.41) is 0. The van der Waals surface area contributed by atoms with E-state index in [1.807, 2.05) is 0 Å². The first-order valence-electron chi connectivity index (χ1n) is 4.59. The zero-order chi connectivity index (χ0) is 11.1. The van der Waals surface area contributed by atoms with Crippen molar-refractivity contribution in [3.05, 3.63) is 0 Å². The molecular weight excluding hydrogens is 243 g/mol. The molecule has 84 valence electrons. The lowest BCUT2D eigenvalue weighted by molar-refractivity contribution is -0.123. The molecule has 8 heteroatoms. The van der Waals surface area contributed by atoms with Gasteiger partial charge < -0.3 is 4.74 Å². The minimum absolute atomic E-state index is 0.164. The molecule has 0 aromatic carbocycles. The third kappa shape index (κ3) is 1.72. The summed E-state index contributed by atoms with van der Waals surface area (Å²) in [4.78, 5) is 22.6. The Kier molecular flexibility index (Phi) is 2.64. The van der Waals surface area contributed by atoms with Crippen molar-refractivity contribution >= 4 is 30.0 Å². The van der Waals surface area contributed by atoms with Crippen LogP contribution in [0.2, 0.25) is 0 Å². The molecule has 6 nitrogen and oxygen atoms in total. The van der Waals surface area contributed by atoms with Gasteiger partial charge in [0.1, 0.15) is 6.61 Å². The molecule has 2 saturated heterocycles. The van der Waals surface area contributed by atoms with Gasteiger partial charge in [-0.15, -0.1) is 0 Å². The lowest BCUT2D eigenvalue weighted by atomic mass is 10.4. The topological polar surface area (TPSA) is 66.9 Å². The highest BCUT2D eigenvalue weighted by Gasteiger charge is 2.45. The molecule has 2 fully saturated rings. The van der Waals surface area contributed by atoms with Crippen LogP contribution in [-0.2, 0) is 14.1 Å². The Morgan fingerprint density at radius 3 is 2.47 bits per heavy atom. The van der Waals surface area contributed by atoms with Crippen molar-refractivity contribution in [3.8, 4) is 0 Å². The SMILES string of the molecule is O=C1CCCN1P(=O)(Cl)N1CCOC1=O. The second kappa shape index (κ2) is 3.68. The van der Waals surface area contributed by atoms with E-state index < -0.39 is 12.9 Å². The molecule has 0 saturated carbocycles. The number of hydrogen-bond acceptors (Lipinski definition) is 4. The van der Waals surface area contributed by atoms with Crippen LogP contribution >= 0.6 is 18.0 Å². The van der Waals surface area contributed by atoms with Crippen LogP contribution < -0.4 is 0 Å². The van der Waals surface area contributed by atoms with Gasteiger partial charge in [0.2, 0.25) is 5.91 Å². The minimum Gasteiger partial charge on any atom is -0.447 e. The summed E-state index contributed by atoms with van der Waals surface area (Å²) in [5.41, 5.74) is 0. The van der Waals surface area contributed by atoms with Crippen molar-refractivity contribution in [2.75, 3.05) is 19.7 Å². The molecule has 1 unspecified atom stereocenters. The van der Waals surface area contributed by atoms with E-state index in [0.717, 1.165) is 9.34 Å². The van der Waals surface area contributed by atoms with E-state index in [9.17, 15) is 14.2 Å². The molecule has 2 rings (SSSR count). The van der Waals surface area contributed by atoms with Crippen molar-refractivity contribution in [1.29, 1.82) is 0 Å². The summed E-state index contributed by atoms with van der Waals surface area (Å²) in [6.07, 6.45) is 0.242. The largest absolute Gasteiger partial charge is 0.447 e. The molecular formula is C7H10ClN2O4P. The van der Waals surface area contributed by atoms with Gasteiger partial charge in [0, 0.05) is 13.0 Å². The molecule has 15 heavy (non-hydrogen) atoms. The summed E-state index contributed by atoms with van der Waals surface area (Å²) in [7, 11) is 0. The second-order valence-corrected chi connectivity index (χ2v) is 6.56. The fraction of sp³-hybridized carbons (Fsp3) is 0.714. The van der Waals surface area contributed by atoms with Crippen LogP contribution in [0.3, 0.4) is 0 Å². The van der Waals surface area contributed by atoms with Gasteiger partial charge in [-0.25, -0.2) is 9.46 Å². The molecule has 1 atom stereocenters. The second-order valence-electron chi connectivity index (χ2n) is 3.33. The smallest absolute Gasteiger partial charge is 0.417 e. The predicted octanol–water partition coefficient (Wildman–Crippen LogP) is 1.41. The van der Waals surface area contributed by atoms with Crippen molar-refractivity contribution in [3.63, 3.8) is 0 Å². The summed E-state index contributed by atoms with van der Waals surface area (Å²) in [5.74, 6) is -0.270. The minimum atomic E-state index is -3.59. The number of halogens is 1. The number of carbonyl (C=O) groups excluding carboxylic acids is 2. The highest BCUT2D eigenvalue weighted by Crippen LogP contribution is 2.60. The average molecular weight is 253 g/mol. The van der Waals surface area contributed by atoms with Gasteiger partial charge in [-0.05, 0) is 17.7 Å². The van der Waals surface area contributed by atoms with E-state index in [2.05, 4.69) is 4.74 Å². The van der Waals surface area contributed by atoms with E-state index >= 15 is 0 Å². The van der Waals surface area contributed by atoms with Gasteiger partial charge in [0.05, 0.1) is 6.54 Å². The maximum Gasteiger partial charge on any atom is 0.417 e. The zero-order valence-electron chi connectivity index (χ0n) is 7.89. The maximum absolute atomic E-state index is 12.1. The molecule has 0 aliphatic carbocycles. The van der Waals surface area contributed by atoms with E-state index in [-0.39, 0.29) is 19.1 Å². The number of carbonyl (C=O) groups is 2. The first kappa shape index (κ1) is 10.8. The lowest BCUT2D eigenvalue weighted by Gasteiger charge is -2.27. The van der Waals surface area contributed by atoms with Crippen molar-refractivity contribution in [2.45, 2.75) is 12.8 Å². The molecule has 0 N–H and O–H groups in total. The number of amides is 2. The Morgan fingerprint density at radius 1 is 1.27 bits per heavy atom. The third-order valence-electron chi connectivity index (χ3n) is 2.38. The fourth-order valence-corrected chi connectivity index (χ4v) is 4.14. The molecule has 2 heterocycles. The normalized spacial score (nSPS) is 25.7. The number of cyclic esters (lactones) is 1. The van der Waals surface area contributed by atoms with Gasteiger partial charge in [-0.1, -0.05) is 0 Å². The molecule has 0 aromatic rings. The predicted molar refractivity (Wildman–Crippen MR) is 52.5 cm³/mol. The van der Waals surface area contributed by atoms with Crippen LogP contribution in [0.5, 0.6) is 0 Å². The van der Waals surface area contributed by atoms with Gasteiger partial charge in [0.25, 0.3) is 0 Å². The van der Waals surface area contributed by atoms with Crippen LogP contribution in [0.15, 0.2) is 0 Å². The van der Waals surface area contributed by atoms with Crippen molar-refractivity contribution in [2.24, 2.45) is 0 Å². The maximum atomic E-state index is 12.1. The molecule has 2 aliphatic heterocycles. The molecule has 2 amide bonds. The van der Waals surface area contributed by atoms with Gasteiger partial charge >= 0.3 is 12.9 Å². The average Bonchev–Trinajstić information content (AvgIpc) is 2.73. The van der Waals surface area contributed by atoms with Crippen molar-refractivity contribution in [1.82, 2.24) is 9.34 Å². The highest BCUT2D eigenvalue weighted by atomic mass is 35.7.